The SMILES string of the molecule is CCOC(=O)c1nnn(Cc2ccc(OC)cc2)c1/C=C1/CN(C(c2ccccc2)(c2ccccc2)c2ccccc2)CCC1=O. The van der Waals surface area contributed by atoms with E-state index in [9.17, 15) is 9.59 Å². The molecule has 6 rings (SSSR count). The van der Waals surface area contributed by atoms with E-state index in [0.29, 0.717) is 37.3 Å². The highest BCUT2D eigenvalue weighted by Crippen LogP contribution is 2.44. The summed E-state index contributed by atoms with van der Waals surface area (Å²) in [7, 11) is 1.62. The van der Waals surface area contributed by atoms with Crippen molar-refractivity contribution in [3.05, 3.63) is 154 Å². The second kappa shape index (κ2) is 13.7. The Balaban J connectivity index is 1.47. The van der Waals surface area contributed by atoms with Gasteiger partial charge in [0.25, 0.3) is 0 Å². The maximum atomic E-state index is 13.7. The molecule has 0 N–H and O–H groups in total. The molecule has 0 saturated carbocycles. The van der Waals surface area contributed by atoms with Crippen molar-refractivity contribution in [2.75, 3.05) is 26.8 Å². The predicted molar refractivity (Wildman–Crippen MR) is 176 cm³/mol. The molecule has 8 nitrogen and oxygen atoms in total. The Morgan fingerprint density at radius 1 is 0.848 bits per heavy atom. The van der Waals surface area contributed by atoms with Crippen molar-refractivity contribution in [3.63, 3.8) is 0 Å². The number of esters is 1. The standard InChI is InChI=1S/C38H36N4O4/c1-3-46-37(44)36-34(42(40-39-36)26-28-19-21-33(45-2)22-20-28)25-29-27-41(24-23-35(29)43)38(30-13-7-4-8-14-30,31-15-9-5-10-16-31)32-17-11-6-12-18-32/h4-22,25H,3,23-24,26-27H2,1-2H3/b29-25-. The lowest BCUT2D eigenvalue weighted by molar-refractivity contribution is -0.117. The summed E-state index contributed by atoms with van der Waals surface area (Å²) in [5.41, 5.74) is 4.63. The first kappa shape index (κ1) is 30.7. The average Bonchev–Trinajstić information content (AvgIpc) is 3.50. The van der Waals surface area contributed by atoms with Gasteiger partial charge in [0.15, 0.2) is 11.5 Å². The highest BCUT2D eigenvalue weighted by atomic mass is 16.5. The highest BCUT2D eigenvalue weighted by Gasteiger charge is 2.44. The van der Waals surface area contributed by atoms with Crippen molar-refractivity contribution in [2.45, 2.75) is 25.4 Å². The minimum Gasteiger partial charge on any atom is -0.497 e. The molecular weight excluding hydrogens is 576 g/mol. The first-order valence-corrected chi connectivity index (χ1v) is 15.4. The molecule has 0 spiro atoms. The minimum atomic E-state index is -0.685. The van der Waals surface area contributed by atoms with E-state index in [0.717, 1.165) is 28.0 Å². The van der Waals surface area contributed by atoms with Gasteiger partial charge in [0, 0.05) is 25.1 Å². The van der Waals surface area contributed by atoms with Crippen LogP contribution in [0.2, 0.25) is 0 Å². The molecular formula is C38H36N4O4. The molecule has 0 aliphatic carbocycles. The van der Waals surface area contributed by atoms with Gasteiger partial charge in [0.2, 0.25) is 0 Å². The maximum absolute atomic E-state index is 13.7. The number of ketones is 1. The summed E-state index contributed by atoms with van der Waals surface area (Å²) in [5, 5.41) is 8.53. The Labute approximate surface area is 268 Å². The third kappa shape index (κ3) is 5.99. The Bertz CT molecular complexity index is 1720. The lowest BCUT2D eigenvalue weighted by Gasteiger charge is -2.47. The number of carbonyl (C=O) groups excluding carboxylic acids is 2. The molecule has 1 aliphatic rings. The predicted octanol–water partition coefficient (Wildman–Crippen LogP) is 6.16. The third-order valence-electron chi connectivity index (χ3n) is 8.42. The van der Waals surface area contributed by atoms with Crippen LogP contribution in [-0.2, 0) is 21.6 Å². The molecule has 4 aromatic carbocycles. The molecule has 232 valence electrons. The number of piperidine rings is 1. The Morgan fingerprint density at radius 3 is 1.93 bits per heavy atom. The Kier molecular flexibility index (Phi) is 9.17. The summed E-state index contributed by atoms with van der Waals surface area (Å²) < 4.78 is 12.3. The fourth-order valence-corrected chi connectivity index (χ4v) is 6.26. The van der Waals surface area contributed by atoms with E-state index in [-0.39, 0.29) is 18.1 Å². The number of carbonyl (C=O) groups is 2. The summed E-state index contributed by atoms with van der Waals surface area (Å²) in [6.07, 6.45) is 2.09. The summed E-state index contributed by atoms with van der Waals surface area (Å²) in [6, 6.07) is 38.8. The smallest absolute Gasteiger partial charge is 0.361 e. The fourth-order valence-electron chi connectivity index (χ4n) is 6.26. The van der Waals surface area contributed by atoms with Gasteiger partial charge in [-0.05, 0) is 47.4 Å². The van der Waals surface area contributed by atoms with E-state index < -0.39 is 11.5 Å². The summed E-state index contributed by atoms with van der Waals surface area (Å²) in [5.74, 6) is 0.178. The Hall–Kier alpha value is -5.34. The van der Waals surface area contributed by atoms with Crippen molar-refractivity contribution in [2.24, 2.45) is 0 Å². The van der Waals surface area contributed by atoms with Crippen molar-refractivity contribution >= 4 is 17.8 Å². The highest BCUT2D eigenvalue weighted by molar-refractivity contribution is 6.02. The molecule has 1 aromatic heterocycles. The summed E-state index contributed by atoms with van der Waals surface area (Å²) in [6.45, 7) is 3.17. The zero-order valence-corrected chi connectivity index (χ0v) is 26.0. The molecule has 1 fully saturated rings. The van der Waals surface area contributed by atoms with Crippen LogP contribution in [0.4, 0.5) is 0 Å². The molecule has 1 saturated heterocycles. The van der Waals surface area contributed by atoms with E-state index >= 15 is 0 Å². The second-order valence-corrected chi connectivity index (χ2v) is 11.1. The number of benzene rings is 4. The lowest BCUT2D eigenvalue weighted by atomic mass is 9.74. The number of likely N-dealkylation sites (tertiary alicyclic amines) is 1. The number of nitrogens with zero attached hydrogens (tertiary/aromatic N) is 4. The average molecular weight is 613 g/mol. The van der Waals surface area contributed by atoms with Crippen LogP contribution < -0.4 is 4.74 Å². The number of aromatic nitrogens is 3. The first-order chi connectivity index (χ1) is 22.5. The molecule has 0 unspecified atom stereocenters. The van der Waals surface area contributed by atoms with Gasteiger partial charge in [-0.15, -0.1) is 5.10 Å². The molecule has 0 amide bonds. The van der Waals surface area contributed by atoms with Crippen LogP contribution in [-0.4, -0.2) is 58.5 Å². The zero-order chi connectivity index (χ0) is 31.9. The number of hydrogen-bond acceptors (Lipinski definition) is 7. The number of Topliss-reactive ketones (excluding diaryl/α,β-unsaturated/α-hetero) is 1. The van der Waals surface area contributed by atoms with E-state index in [1.54, 1.807) is 24.8 Å². The molecule has 0 radical (unpaired) electrons. The van der Waals surface area contributed by atoms with Gasteiger partial charge < -0.3 is 9.47 Å². The van der Waals surface area contributed by atoms with Gasteiger partial charge in [-0.3, -0.25) is 9.69 Å². The number of ether oxygens (including phenoxy) is 2. The first-order valence-electron chi connectivity index (χ1n) is 15.4. The normalized spacial score (nSPS) is 14.7. The molecule has 0 bridgehead atoms. The van der Waals surface area contributed by atoms with Crippen LogP contribution >= 0.6 is 0 Å². The van der Waals surface area contributed by atoms with Gasteiger partial charge in [-0.25, -0.2) is 9.48 Å². The van der Waals surface area contributed by atoms with E-state index in [4.69, 9.17) is 9.47 Å². The second-order valence-electron chi connectivity index (χ2n) is 11.1. The van der Waals surface area contributed by atoms with Gasteiger partial charge >= 0.3 is 5.97 Å². The number of methoxy groups -OCH3 is 1. The van der Waals surface area contributed by atoms with Gasteiger partial charge in [0.05, 0.1) is 31.5 Å². The quantitative estimate of drug-likeness (QED) is 0.106. The molecule has 0 atom stereocenters. The van der Waals surface area contributed by atoms with Gasteiger partial charge in [0.1, 0.15) is 5.75 Å². The summed E-state index contributed by atoms with van der Waals surface area (Å²) >= 11 is 0. The Morgan fingerprint density at radius 2 is 1.41 bits per heavy atom. The van der Waals surface area contributed by atoms with Crippen LogP contribution in [0.25, 0.3) is 6.08 Å². The van der Waals surface area contributed by atoms with Crippen LogP contribution in [0, 0.1) is 0 Å². The van der Waals surface area contributed by atoms with E-state index in [1.807, 2.05) is 42.5 Å². The number of rotatable bonds is 10. The van der Waals surface area contributed by atoms with Crippen LogP contribution in [0.5, 0.6) is 5.75 Å². The monoisotopic (exact) mass is 612 g/mol. The van der Waals surface area contributed by atoms with Gasteiger partial charge in [-0.2, -0.15) is 0 Å². The van der Waals surface area contributed by atoms with Crippen molar-refractivity contribution in [1.29, 1.82) is 0 Å². The fraction of sp³-hybridized carbons (Fsp3) is 0.211. The molecule has 46 heavy (non-hydrogen) atoms. The maximum Gasteiger partial charge on any atom is 0.361 e. The van der Waals surface area contributed by atoms with Crippen molar-refractivity contribution < 1.29 is 19.1 Å². The minimum absolute atomic E-state index is 0.0198. The largest absolute Gasteiger partial charge is 0.497 e. The summed E-state index contributed by atoms with van der Waals surface area (Å²) in [4.78, 5) is 29.1. The lowest BCUT2D eigenvalue weighted by Crippen LogP contribution is -2.52. The van der Waals surface area contributed by atoms with Crippen LogP contribution in [0.3, 0.4) is 0 Å². The topological polar surface area (TPSA) is 86.5 Å². The van der Waals surface area contributed by atoms with Crippen molar-refractivity contribution in [1.82, 2.24) is 19.9 Å². The number of hydrogen-bond donors (Lipinski definition) is 0. The molecule has 5 aromatic rings. The molecule has 1 aliphatic heterocycles. The van der Waals surface area contributed by atoms with E-state index in [2.05, 4.69) is 88.0 Å². The van der Waals surface area contributed by atoms with E-state index in [1.165, 1.54) is 0 Å². The van der Waals surface area contributed by atoms with Crippen LogP contribution in [0.1, 0.15) is 51.8 Å². The van der Waals surface area contributed by atoms with Crippen molar-refractivity contribution in [3.8, 4) is 5.75 Å². The van der Waals surface area contributed by atoms with Gasteiger partial charge in [-0.1, -0.05) is 108 Å². The van der Waals surface area contributed by atoms with Crippen LogP contribution in [0.15, 0.2) is 121 Å². The zero-order valence-electron chi connectivity index (χ0n) is 26.0. The third-order valence-corrected chi connectivity index (χ3v) is 8.42. The molecule has 2 heterocycles. The molecule has 8 heteroatoms.